The summed E-state index contributed by atoms with van der Waals surface area (Å²) in [5, 5.41) is 0.873. The Balaban J connectivity index is 2.38. The summed E-state index contributed by atoms with van der Waals surface area (Å²) in [5.41, 5.74) is 8.37. The number of halogens is 3. The molecule has 0 saturated heterocycles. The number of rotatable bonds is 2. The van der Waals surface area contributed by atoms with Crippen LogP contribution in [0.15, 0.2) is 30.3 Å². The standard InChI is InChI=1S/C15H12Cl2FN3/c1-2-21-12-6-3-8(18)7-11(12)20-15(21)13-9(16)4-5-10(17)14(13)19/h3-7H,2,19H2,1H3. The van der Waals surface area contributed by atoms with E-state index in [1.165, 1.54) is 12.1 Å². The van der Waals surface area contributed by atoms with Gasteiger partial charge in [0.2, 0.25) is 0 Å². The summed E-state index contributed by atoms with van der Waals surface area (Å²) in [4.78, 5) is 4.48. The third-order valence-corrected chi connectivity index (χ3v) is 4.04. The minimum absolute atomic E-state index is 0.333. The third-order valence-electron chi connectivity index (χ3n) is 3.39. The van der Waals surface area contributed by atoms with Crippen molar-refractivity contribution in [2.45, 2.75) is 13.5 Å². The Morgan fingerprint density at radius 1 is 1.19 bits per heavy atom. The van der Waals surface area contributed by atoms with E-state index in [2.05, 4.69) is 4.98 Å². The van der Waals surface area contributed by atoms with Crippen molar-refractivity contribution in [1.82, 2.24) is 9.55 Å². The van der Waals surface area contributed by atoms with Crippen molar-refractivity contribution in [3.05, 3.63) is 46.2 Å². The normalized spacial score (nSPS) is 11.2. The summed E-state index contributed by atoms with van der Waals surface area (Å²) in [7, 11) is 0. The summed E-state index contributed by atoms with van der Waals surface area (Å²) >= 11 is 12.3. The molecule has 2 N–H and O–H groups in total. The van der Waals surface area contributed by atoms with E-state index in [1.54, 1.807) is 18.2 Å². The van der Waals surface area contributed by atoms with E-state index in [0.29, 0.717) is 39.2 Å². The van der Waals surface area contributed by atoms with E-state index in [4.69, 9.17) is 28.9 Å². The van der Waals surface area contributed by atoms with Crippen LogP contribution in [0.4, 0.5) is 10.1 Å². The number of aryl methyl sites for hydroxylation is 1. The van der Waals surface area contributed by atoms with Crippen LogP contribution in [0, 0.1) is 5.82 Å². The van der Waals surface area contributed by atoms with Gasteiger partial charge in [-0.25, -0.2) is 9.37 Å². The Bertz CT molecular complexity index is 843. The zero-order chi connectivity index (χ0) is 15.1. The van der Waals surface area contributed by atoms with Gasteiger partial charge in [0.25, 0.3) is 0 Å². The molecule has 3 rings (SSSR count). The summed E-state index contributed by atoms with van der Waals surface area (Å²) < 4.78 is 15.3. The lowest BCUT2D eigenvalue weighted by Gasteiger charge is -2.11. The van der Waals surface area contributed by atoms with E-state index < -0.39 is 0 Å². The van der Waals surface area contributed by atoms with Gasteiger partial charge >= 0.3 is 0 Å². The molecular formula is C15H12Cl2FN3. The number of nitrogen functional groups attached to an aromatic ring is 1. The minimum Gasteiger partial charge on any atom is -0.397 e. The molecule has 0 radical (unpaired) electrons. The van der Waals surface area contributed by atoms with Crippen molar-refractivity contribution < 1.29 is 4.39 Å². The highest BCUT2D eigenvalue weighted by atomic mass is 35.5. The van der Waals surface area contributed by atoms with Gasteiger partial charge in [-0.15, -0.1) is 0 Å². The number of fused-ring (bicyclic) bond motifs is 1. The SMILES string of the molecule is CCn1c(-c2c(Cl)ccc(Cl)c2N)nc2cc(F)ccc21. The van der Waals surface area contributed by atoms with Crippen molar-refractivity contribution in [3.8, 4) is 11.4 Å². The van der Waals surface area contributed by atoms with Gasteiger partial charge in [0.05, 0.1) is 32.3 Å². The maximum absolute atomic E-state index is 13.4. The van der Waals surface area contributed by atoms with Gasteiger partial charge in [0, 0.05) is 12.6 Å². The first-order valence-corrected chi connectivity index (χ1v) is 7.18. The average molecular weight is 324 g/mol. The fourth-order valence-corrected chi connectivity index (χ4v) is 2.82. The molecule has 0 amide bonds. The summed E-state index contributed by atoms with van der Waals surface area (Å²) in [6.45, 7) is 2.63. The molecule has 108 valence electrons. The van der Waals surface area contributed by atoms with Gasteiger partial charge in [-0.3, -0.25) is 0 Å². The van der Waals surface area contributed by atoms with E-state index >= 15 is 0 Å². The number of nitrogens with two attached hydrogens (primary N) is 1. The van der Waals surface area contributed by atoms with E-state index in [9.17, 15) is 4.39 Å². The topological polar surface area (TPSA) is 43.8 Å². The third kappa shape index (κ3) is 2.24. The molecule has 1 heterocycles. The zero-order valence-electron chi connectivity index (χ0n) is 11.2. The molecule has 0 bridgehead atoms. The molecular weight excluding hydrogens is 312 g/mol. The predicted molar refractivity (Wildman–Crippen MR) is 85.2 cm³/mol. The molecule has 0 unspecified atom stereocenters. The van der Waals surface area contributed by atoms with Crippen molar-refractivity contribution in [1.29, 1.82) is 0 Å². The van der Waals surface area contributed by atoms with Crippen LogP contribution in [0.1, 0.15) is 6.92 Å². The minimum atomic E-state index is -0.333. The predicted octanol–water partition coefficient (Wildman–Crippen LogP) is 4.75. The second-order valence-corrected chi connectivity index (χ2v) is 5.44. The lowest BCUT2D eigenvalue weighted by molar-refractivity contribution is 0.629. The number of aromatic nitrogens is 2. The van der Waals surface area contributed by atoms with Gasteiger partial charge < -0.3 is 10.3 Å². The van der Waals surface area contributed by atoms with Crippen LogP contribution < -0.4 is 5.73 Å². The number of imidazole rings is 1. The smallest absolute Gasteiger partial charge is 0.144 e. The van der Waals surface area contributed by atoms with Crippen LogP contribution in [0.5, 0.6) is 0 Å². The number of hydrogen-bond donors (Lipinski definition) is 1. The lowest BCUT2D eigenvalue weighted by atomic mass is 10.1. The highest BCUT2D eigenvalue weighted by molar-refractivity contribution is 6.37. The highest BCUT2D eigenvalue weighted by Gasteiger charge is 2.18. The monoisotopic (exact) mass is 323 g/mol. The van der Waals surface area contributed by atoms with Gasteiger partial charge in [-0.2, -0.15) is 0 Å². The van der Waals surface area contributed by atoms with Crippen LogP contribution in [-0.2, 0) is 6.54 Å². The molecule has 0 atom stereocenters. The molecule has 3 aromatic rings. The molecule has 0 aliphatic rings. The molecule has 0 saturated carbocycles. The van der Waals surface area contributed by atoms with Gasteiger partial charge in [0.15, 0.2) is 0 Å². The molecule has 0 spiro atoms. The summed E-state index contributed by atoms with van der Waals surface area (Å²) in [5.74, 6) is 0.253. The fraction of sp³-hybridized carbons (Fsp3) is 0.133. The van der Waals surface area contributed by atoms with Crippen LogP contribution >= 0.6 is 23.2 Å². The molecule has 3 nitrogen and oxygen atoms in total. The number of benzene rings is 2. The summed E-state index contributed by atoms with van der Waals surface area (Å²) in [6.07, 6.45) is 0. The van der Waals surface area contributed by atoms with Crippen molar-refractivity contribution in [3.63, 3.8) is 0 Å². The number of hydrogen-bond acceptors (Lipinski definition) is 2. The Labute approximate surface area is 131 Å². The zero-order valence-corrected chi connectivity index (χ0v) is 12.7. The Morgan fingerprint density at radius 3 is 2.62 bits per heavy atom. The largest absolute Gasteiger partial charge is 0.397 e. The molecule has 0 fully saturated rings. The maximum Gasteiger partial charge on any atom is 0.144 e. The molecule has 21 heavy (non-hydrogen) atoms. The molecule has 0 aliphatic heterocycles. The van der Waals surface area contributed by atoms with E-state index in [-0.39, 0.29) is 5.82 Å². The first-order chi connectivity index (χ1) is 10.0. The van der Waals surface area contributed by atoms with Crippen LogP contribution in [0.2, 0.25) is 10.0 Å². The Morgan fingerprint density at radius 2 is 1.90 bits per heavy atom. The lowest BCUT2D eigenvalue weighted by Crippen LogP contribution is -2.01. The van der Waals surface area contributed by atoms with Crippen LogP contribution in [-0.4, -0.2) is 9.55 Å². The van der Waals surface area contributed by atoms with Crippen molar-refractivity contribution in [2.75, 3.05) is 5.73 Å². The van der Waals surface area contributed by atoms with E-state index in [1.807, 2.05) is 11.5 Å². The fourth-order valence-electron chi connectivity index (χ4n) is 2.41. The molecule has 1 aromatic heterocycles. The summed E-state index contributed by atoms with van der Waals surface area (Å²) in [6, 6.07) is 7.80. The second-order valence-electron chi connectivity index (χ2n) is 4.63. The highest BCUT2D eigenvalue weighted by Crippen LogP contribution is 2.38. The van der Waals surface area contributed by atoms with E-state index in [0.717, 1.165) is 5.52 Å². The maximum atomic E-state index is 13.4. The first-order valence-electron chi connectivity index (χ1n) is 6.42. The average Bonchev–Trinajstić information content (AvgIpc) is 2.80. The van der Waals surface area contributed by atoms with Gasteiger partial charge in [0.1, 0.15) is 11.6 Å². The van der Waals surface area contributed by atoms with Gasteiger partial charge in [-0.1, -0.05) is 23.2 Å². The van der Waals surface area contributed by atoms with Gasteiger partial charge in [-0.05, 0) is 31.2 Å². The second kappa shape index (κ2) is 5.20. The molecule has 6 heteroatoms. The Hall–Kier alpha value is -1.78. The number of nitrogens with zero attached hydrogens (tertiary/aromatic N) is 2. The van der Waals surface area contributed by atoms with Crippen molar-refractivity contribution in [2.24, 2.45) is 0 Å². The van der Waals surface area contributed by atoms with Crippen molar-refractivity contribution >= 4 is 39.9 Å². The molecule has 0 aliphatic carbocycles. The first kappa shape index (κ1) is 14.2. The number of anilines is 1. The van der Waals surface area contributed by atoms with Crippen LogP contribution in [0.25, 0.3) is 22.4 Å². The van der Waals surface area contributed by atoms with Crippen LogP contribution in [0.3, 0.4) is 0 Å². The molecule has 2 aromatic carbocycles. The Kier molecular flexibility index (Phi) is 3.51. The quantitative estimate of drug-likeness (QED) is 0.691.